The van der Waals surface area contributed by atoms with Gasteiger partial charge >= 0.3 is 0 Å². The van der Waals surface area contributed by atoms with E-state index in [9.17, 15) is 9.18 Å². The van der Waals surface area contributed by atoms with Crippen LogP contribution < -0.4 is 5.32 Å². The number of aromatic nitrogens is 4. The summed E-state index contributed by atoms with van der Waals surface area (Å²) < 4.78 is 17.1. The fourth-order valence-corrected chi connectivity index (χ4v) is 3.89. The van der Waals surface area contributed by atoms with Crippen LogP contribution in [0.15, 0.2) is 59.9 Å². The van der Waals surface area contributed by atoms with Gasteiger partial charge in [-0.1, -0.05) is 23.9 Å². The molecule has 148 valence electrons. The minimum Gasteiger partial charge on any atom is -0.343 e. The Morgan fingerprint density at radius 1 is 1.17 bits per heavy atom. The molecular formula is C21H20FN5OS. The highest BCUT2D eigenvalue weighted by molar-refractivity contribution is 7.98. The number of carbonyl (C=O) groups is 1. The Morgan fingerprint density at radius 2 is 1.93 bits per heavy atom. The van der Waals surface area contributed by atoms with E-state index in [1.54, 1.807) is 16.7 Å². The number of aryl methyl sites for hydroxylation is 1. The number of benzene rings is 2. The molecule has 2 heterocycles. The average molecular weight is 409 g/mol. The van der Waals surface area contributed by atoms with Gasteiger partial charge in [0.2, 0.25) is 0 Å². The molecule has 0 spiro atoms. The second-order valence-corrected chi connectivity index (χ2v) is 7.16. The maximum Gasteiger partial charge on any atom is 0.270 e. The molecule has 0 unspecified atom stereocenters. The van der Waals surface area contributed by atoms with E-state index in [1.165, 1.54) is 30.1 Å². The Kier molecular flexibility index (Phi) is 5.35. The molecule has 0 radical (unpaired) electrons. The molecule has 0 saturated carbocycles. The fourth-order valence-electron chi connectivity index (χ4n) is 3.34. The van der Waals surface area contributed by atoms with E-state index in [0.717, 1.165) is 23.4 Å². The maximum absolute atomic E-state index is 13.3. The molecule has 0 saturated heterocycles. The van der Waals surface area contributed by atoms with Gasteiger partial charge in [-0.05, 0) is 49.6 Å². The van der Waals surface area contributed by atoms with Gasteiger partial charge in [-0.2, -0.15) is 0 Å². The van der Waals surface area contributed by atoms with Crippen LogP contribution in [0.1, 0.15) is 23.2 Å². The summed E-state index contributed by atoms with van der Waals surface area (Å²) in [5.41, 5.74) is 3.01. The van der Waals surface area contributed by atoms with Crippen molar-refractivity contribution >= 4 is 28.7 Å². The molecule has 4 rings (SSSR count). The highest BCUT2D eigenvalue weighted by Crippen LogP contribution is 2.22. The van der Waals surface area contributed by atoms with E-state index >= 15 is 0 Å². The van der Waals surface area contributed by atoms with Crippen molar-refractivity contribution in [1.82, 2.24) is 24.4 Å². The molecule has 0 aliphatic rings. The summed E-state index contributed by atoms with van der Waals surface area (Å²) in [7, 11) is 0. The van der Waals surface area contributed by atoms with Crippen molar-refractivity contribution in [1.29, 1.82) is 0 Å². The van der Waals surface area contributed by atoms with Crippen LogP contribution in [0.4, 0.5) is 4.39 Å². The molecule has 0 aliphatic heterocycles. The molecule has 29 heavy (non-hydrogen) atoms. The van der Waals surface area contributed by atoms with Crippen LogP contribution in [-0.4, -0.2) is 31.3 Å². The van der Waals surface area contributed by atoms with Crippen molar-refractivity contribution in [3.8, 4) is 5.69 Å². The minimum absolute atomic E-state index is 0.267. The second kappa shape index (κ2) is 8.08. The third-order valence-electron chi connectivity index (χ3n) is 4.69. The SMILES string of the molecule is CCn1c(CNC(=O)c2cnc(SC)n2-c2ccc(F)cc2)nc2ccccc21. The zero-order valence-corrected chi connectivity index (χ0v) is 16.9. The zero-order valence-electron chi connectivity index (χ0n) is 16.1. The zero-order chi connectivity index (χ0) is 20.4. The summed E-state index contributed by atoms with van der Waals surface area (Å²) >= 11 is 1.42. The molecule has 0 aliphatic carbocycles. The number of para-hydroxylation sites is 2. The van der Waals surface area contributed by atoms with Gasteiger partial charge in [0.25, 0.3) is 5.91 Å². The minimum atomic E-state index is -0.330. The van der Waals surface area contributed by atoms with Gasteiger partial charge in [-0.3, -0.25) is 9.36 Å². The van der Waals surface area contributed by atoms with Crippen molar-refractivity contribution < 1.29 is 9.18 Å². The lowest BCUT2D eigenvalue weighted by molar-refractivity contribution is 0.0942. The first kappa shape index (κ1) is 19.2. The number of hydrogen-bond acceptors (Lipinski definition) is 4. The van der Waals surface area contributed by atoms with E-state index in [-0.39, 0.29) is 11.7 Å². The Labute approximate surface area is 171 Å². The predicted octanol–water partition coefficient (Wildman–Crippen LogP) is 4.03. The molecule has 4 aromatic rings. The lowest BCUT2D eigenvalue weighted by Crippen LogP contribution is -2.26. The quantitative estimate of drug-likeness (QED) is 0.488. The Bertz CT molecular complexity index is 1170. The molecular weight excluding hydrogens is 389 g/mol. The van der Waals surface area contributed by atoms with Crippen LogP contribution in [0.5, 0.6) is 0 Å². The van der Waals surface area contributed by atoms with E-state index in [4.69, 9.17) is 0 Å². The molecule has 0 atom stereocenters. The second-order valence-electron chi connectivity index (χ2n) is 6.39. The molecule has 1 N–H and O–H groups in total. The van der Waals surface area contributed by atoms with Crippen molar-refractivity contribution in [2.24, 2.45) is 0 Å². The van der Waals surface area contributed by atoms with Crippen LogP contribution in [0.3, 0.4) is 0 Å². The van der Waals surface area contributed by atoms with Crippen LogP contribution in [0.25, 0.3) is 16.7 Å². The number of halogens is 1. The number of rotatable bonds is 6. The number of thioether (sulfide) groups is 1. The van der Waals surface area contributed by atoms with E-state index in [1.807, 2.05) is 37.4 Å². The van der Waals surface area contributed by atoms with Gasteiger partial charge in [-0.25, -0.2) is 14.4 Å². The molecule has 0 bridgehead atoms. The van der Waals surface area contributed by atoms with Crippen molar-refractivity contribution in [3.63, 3.8) is 0 Å². The van der Waals surface area contributed by atoms with Crippen LogP contribution in [0, 0.1) is 5.82 Å². The number of amides is 1. The summed E-state index contributed by atoms with van der Waals surface area (Å²) in [6, 6.07) is 13.9. The Morgan fingerprint density at radius 3 is 2.66 bits per heavy atom. The number of nitrogens with zero attached hydrogens (tertiary/aromatic N) is 4. The Hall–Kier alpha value is -3.13. The lowest BCUT2D eigenvalue weighted by Gasteiger charge is -2.12. The van der Waals surface area contributed by atoms with Crippen LogP contribution >= 0.6 is 11.8 Å². The highest BCUT2D eigenvalue weighted by Gasteiger charge is 2.18. The first-order chi connectivity index (χ1) is 14.1. The van der Waals surface area contributed by atoms with Gasteiger partial charge < -0.3 is 9.88 Å². The molecule has 2 aromatic carbocycles. The number of hydrogen-bond donors (Lipinski definition) is 1. The standard InChI is InChI=1S/C21H20FN5OS/c1-3-26-17-7-5-4-6-16(17)25-19(26)13-23-20(28)18-12-24-21(29-2)27(18)15-10-8-14(22)9-11-15/h4-12H,3,13H2,1-2H3,(H,23,28). The normalized spacial score (nSPS) is 11.1. The number of imidazole rings is 2. The Balaban J connectivity index is 1.61. The van der Waals surface area contributed by atoms with E-state index in [2.05, 4.69) is 19.9 Å². The predicted molar refractivity (Wildman–Crippen MR) is 112 cm³/mol. The molecule has 6 nitrogen and oxygen atoms in total. The number of carbonyl (C=O) groups excluding carboxylic acids is 1. The molecule has 2 aromatic heterocycles. The fraction of sp³-hybridized carbons (Fsp3) is 0.190. The van der Waals surface area contributed by atoms with Crippen LogP contribution in [-0.2, 0) is 13.1 Å². The topological polar surface area (TPSA) is 64.7 Å². The first-order valence-electron chi connectivity index (χ1n) is 9.22. The first-order valence-corrected chi connectivity index (χ1v) is 10.4. The summed E-state index contributed by atoms with van der Waals surface area (Å²) in [4.78, 5) is 21.9. The van der Waals surface area contributed by atoms with Crippen LogP contribution in [0.2, 0.25) is 0 Å². The summed E-state index contributed by atoms with van der Waals surface area (Å²) in [6.07, 6.45) is 3.42. The van der Waals surface area contributed by atoms with Gasteiger partial charge in [-0.15, -0.1) is 0 Å². The summed E-state index contributed by atoms with van der Waals surface area (Å²) in [5, 5.41) is 3.60. The largest absolute Gasteiger partial charge is 0.343 e. The molecule has 8 heteroatoms. The summed E-state index contributed by atoms with van der Waals surface area (Å²) in [5.74, 6) is 0.195. The van der Waals surface area contributed by atoms with Crippen molar-refractivity contribution in [2.75, 3.05) is 6.26 Å². The van der Waals surface area contributed by atoms with Gasteiger partial charge in [0.1, 0.15) is 17.3 Å². The van der Waals surface area contributed by atoms with E-state index < -0.39 is 0 Å². The van der Waals surface area contributed by atoms with E-state index in [0.29, 0.717) is 23.1 Å². The smallest absolute Gasteiger partial charge is 0.270 e. The highest BCUT2D eigenvalue weighted by atomic mass is 32.2. The maximum atomic E-state index is 13.3. The third kappa shape index (κ3) is 3.63. The van der Waals surface area contributed by atoms with Crippen molar-refractivity contribution in [3.05, 3.63) is 72.1 Å². The summed E-state index contributed by atoms with van der Waals surface area (Å²) in [6.45, 7) is 3.11. The molecule has 0 fully saturated rings. The van der Waals surface area contributed by atoms with Gasteiger partial charge in [0, 0.05) is 12.2 Å². The lowest BCUT2D eigenvalue weighted by atomic mass is 10.3. The van der Waals surface area contributed by atoms with Gasteiger partial charge in [0.05, 0.1) is 23.8 Å². The average Bonchev–Trinajstić information content (AvgIpc) is 3.33. The van der Waals surface area contributed by atoms with Gasteiger partial charge in [0.15, 0.2) is 5.16 Å². The molecule has 1 amide bonds. The third-order valence-corrected chi connectivity index (χ3v) is 5.34. The number of nitrogens with one attached hydrogen (secondary N) is 1. The monoisotopic (exact) mass is 409 g/mol. The van der Waals surface area contributed by atoms with Crippen molar-refractivity contribution in [2.45, 2.75) is 25.2 Å². The number of fused-ring (bicyclic) bond motifs is 1.